The zero-order chi connectivity index (χ0) is 19.2. The molecule has 7 heteroatoms. The second-order valence-corrected chi connectivity index (χ2v) is 9.50. The van der Waals surface area contributed by atoms with E-state index in [0.717, 1.165) is 5.75 Å². The molecule has 1 atom stereocenters. The van der Waals surface area contributed by atoms with Gasteiger partial charge in [0.2, 0.25) is 15.9 Å². The summed E-state index contributed by atoms with van der Waals surface area (Å²) in [6.45, 7) is 2.03. The number of hydrogen-bond donors (Lipinski definition) is 1. The molecule has 0 spiro atoms. The van der Waals surface area contributed by atoms with E-state index in [2.05, 4.69) is 5.32 Å². The number of carbonyl (C=O) groups excluding carboxylic acids is 1. The van der Waals surface area contributed by atoms with Gasteiger partial charge in [-0.2, -0.15) is 0 Å². The van der Waals surface area contributed by atoms with Gasteiger partial charge in [-0.1, -0.05) is 48.5 Å². The number of sulfonamides is 1. The van der Waals surface area contributed by atoms with Gasteiger partial charge in [-0.25, -0.2) is 12.7 Å². The van der Waals surface area contributed by atoms with Gasteiger partial charge < -0.3 is 5.32 Å². The zero-order valence-corrected chi connectivity index (χ0v) is 16.8. The van der Waals surface area contributed by atoms with Crippen LogP contribution in [0.4, 0.5) is 0 Å². The molecule has 0 aliphatic heterocycles. The highest BCUT2D eigenvalue weighted by Gasteiger charge is 2.21. The Morgan fingerprint density at radius 2 is 1.69 bits per heavy atom. The summed E-state index contributed by atoms with van der Waals surface area (Å²) in [5, 5.41) is 2.61. The van der Waals surface area contributed by atoms with Crippen molar-refractivity contribution in [2.24, 2.45) is 0 Å². The zero-order valence-electron chi connectivity index (χ0n) is 15.2. The molecule has 0 fully saturated rings. The Morgan fingerprint density at radius 1 is 1.08 bits per heavy atom. The van der Waals surface area contributed by atoms with Gasteiger partial charge in [0.25, 0.3) is 0 Å². The van der Waals surface area contributed by atoms with Crippen LogP contribution < -0.4 is 5.32 Å². The minimum absolute atomic E-state index is 0.108. The fourth-order valence-corrected chi connectivity index (χ4v) is 4.28. The number of nitrogens with zero attached hydrogens (tertiary/aromatic N) is 1. The van der Waals surface area contributed by atoms with Crippen LogP contribution in [0.15, 0.2) is 59.5 Å². The van der Waals surface area contributed by atoms with E-state index in [1.807, 2.05) is 37.3 Å². The number of benzene rings is 2. The molecule has 26 heavy (non-hydrogen) atoms. The molecule has 1 N–H and O–H groups in total. The highest BCUT2D eigenvalue weighted by molar-refractivity contribution is 7.99. The molecule has 0 aromatic heterocycles. The lowest BCUT2D eigenvalue weighted by atomic mass is 10.2. The quantitative estimate of drug-likeness (QED) is 0.750. The Bertz CT molecular complexity index is 837. The second-order valence-electron chi connectivity index (χ2n) is 6.05. The molecule has 1 amide bonds. The van der Waals surface area contributed by atoms with E-state index >= 15 is 0 Å². The third kappa shape index (κ3) is 5.33. The SMILES string of the molecule is CC(SCc1ccccc1)C(=O)NCc1ccccc1S(=O)(=O)N(C)C. The van der Waals surface area contributed by atoms with Crippen LogP contribution in [0.1, 0.15) is 18.1 Å². The Balaban J connectivity index is 1.97. The van der Waals surface area contributed by atoms with E-state index in [9.17, 15) is 13.2 Å². The van der Waals surface area contributed by atoms with Gasteiger partial charge in [-0.15, -0.1) is 11.8 Å². The first-order valence-corrected chi connectivity index (χ1v) is 10.7. The van der Waals surface area contributed by atoms with Crippen molar-refractivity contribution in [3.8, 4) is 0 Å². The highest BCUT2D eigenvalue weighted by Crippen LogP contribution is 2.20. The van der Waals surface area contributed by atoms with E-state index in [1.165, 1.54) is 24.0 Å². The number of carbonyl (C=O) groups is 1. The van der Waals surface area contributed by atoms with Crippen molar-refractivity contribution in [1.82, 2.24) is 9.62 Å². The molecule has 0 bridgehead atoms. The maximum Gasteiger partial charge on any atom is 0.242 e. The Hall–Kier alpha value is -1.83. The summed E-state index contributed by atoms with van der Waals surface area (Å²) in [6.07, 6.45) is 0. The van der Waals surface area contributed by atoms with Crippen molar-refractivity contribution in [3.63, 3.8) is 0 Å². The van der Waals surface area contributed by atoms with Gasteiger partial charge in [0.1, 0.15) is 0 Å². The molecule has 0 radical (unpaired) electrons. The van der Waals surface area contributed by atoms with Crippen LogP contribution in [0.25, 0.3) is 0 Å². The normalized spacial score (nSPS) is 12.8. The van der Waals surface area contributed by atoms with Crippen molar-refractivity contribution in [3.05, 3.63) is 65.7 Å². The first-order chi connectivity index (χ1) is 12.3. The minimum Gasteiger partial charge on any atom is -0.351 e. The fourth-order valence-electron chi connectivity index (χ4n) is 2.30. The summed E-state index contributed by atoms with van der Waals surface area (Å²) in [5.41, 5.74) is 1.74. The molecule has 140 valence electrons. The smallest absolute Gasteiger partial charge is 0.242 e. The third-order valence-corrected chi connectivity index (χ3v) is 7.03. The first kappa shape index (κ1) is 20.5. The van der Waals surface area contributed by atoms with E-state index in [1.54, 1.807) is 36.0 Å². The molecule has 1 unspecified atom stereocenters. The second kappa shape index (κ2) is 9.21. The van der Waals surface area contributed by atoms with Crippen molar-refractivity contribution < 1.29 is 13.2 Å². The van der Waals surface area contributed by atoms with Crippen molar-refractivity contribution in [2.45, 2.75) is 29.4 Å². The molecule has 0 aliphatic carbocycles. The highest BCUT2D eigenvalue weighted by atomic mass is 32.2. The van der Waals surface area contributed by atoms with Gasteiger partial charge in [0.05, 0.1) is 10.1 Å². The number of thioether (sulfide) groups is 1. The summed E-state index contributed by atoms with van der Waals surface area (Å²) >= 11 is 1.55. The molecular weight excluding hydrogens is 368 g/mol. The number of rotatable bonds is 8. The average molecular weight is 393 g/mol. The predicted octanol–water partition coefficient (Wildman–Crippen LogP) is 2.88. The third-order valence-electron chi connectivity index (χ3n) is 3.90. The van der Waals surface area contributed by atoms with Gasteiger partial charge in [-0.3, -0.25) is 4.79 Å². The molecular formula is C19H24N2O3S2. The molecule has 0 aliphatic rings. The molecule has 0 heterocycles. The lowest BCUT2D eigenvalue weighted by Crippen LogP contribution is -2.31. The molecule has 5 nitrogen and oxygen atoms in total. The predicted molar refractivity (Wildman–Crippen MR) is 106 cm³/mol. The van der Waals surface area contributed by atoms with E-state index in [0.29, 0.717) is 5.56 Å². The summed E-state index contributed by atoms with van der Waals surface area (Å²) in [7, 11) is -0.559. The van der Waals surface area contributed by atoms with Crippen LogP contribution in [0.5, 0.6) is 0 Å². The first-order valence-electron chi connectivity index (χ1n) is 8.26. The Kier molecular flexibility index (Phi) is 7.25. The van der Waals surface area contributed by atoms with Crippen LogP contribution in [0.2, 0.25) is 0 Å². The number of amides is 1. The molecule has 2 aromatic carbocycles. The van der Waals surface area contributed by atoms with Crippen LogP contribution in [0.3, 0.4) is 0 Å². The van der Waals surface area contributed by atoms with Crippen molar-refractivity contribution in [2.75, 3.05) is 14.1 Å². The van der Waals surface area contributed by atoms with Crippen LogP contribution in [0, 0.1) is 0 Å². The van der Waals surface area contributed by atoms with Gasteiger partial charge >= 0.3 is 0 Å². The van der Waals surface area contributed by atoms with E-state index in [-0.39, 0.29) is 22.6 Å². The Morgan fingerprint density at radius 3 is 2.35 bits per heavy atom. The lowest BCUT2D eigenvalue weighted by Gasteiger charge is -2.16. The summed E-state index contributed by atoms with van der Waals surface area (Å²) < 4.78 is 26.0. The lowest BCUT2D eigenvalue weighted by molar-refractivity contribution is -0.120. The van der Waals surface area contributed by atoms with E-state index < -0.39 is 10.0 Å². The molecule has 2 rings (SSSR count). The monoisotopic (exact) mass is 392 g/mol. The molecule has 2 aromatic rings. The largest absolute Gasteiger partial charge is 0.351 e. The van der Waals surface area contributed by atoms with Crippen LogP contribution >= 0.6 is 11.8 Å². The molecule has 0 saturated heterocycles. The van der Waals surface area contributed by atoms with E-state index in [4.69, 9.17) is 0 Å². The average Bonchev–Trinajstić information content (AvgIpc) is 2.65. The van der Waals surface area contributed by atoms with Gasteiger partial charge in [0, 0.05) is 26.4 Å². The Labute approximate surface area is 159 Å². The summed E-state index contributed by atoms with van der Waals surface area (Å²) in [4.78, 5) is 12.6. The number of nitrogens with one attached hydrogen (secondary N) is 1. The maximum absolute atomic E-state index is 12.4. The van der Waals surface area contributed by atoms with Gasteiger partial charge in [-0.05, 0) is 24.1 Å². The van der Waals surface area contributed by atoms with Crippen molar-refractivity contribution in [1.29, 1.82) is 0 Å². The topological polar surface area (TPSA) is 66.5 Å². The minimum atomic E-state index is -3.55. The fraction of sp³-hybridized carbons (Fsp3) is 0.316. The van der Waals surface area contributed by atoms with Crippen LogP contribution in [-0.2, 0) is 27.1 Å². The summed E-state index contributed by atoms with van der Waals surface area (Å²) in [6, 6.07) is 16.7. The number of hydrogen-bond acceptors (Lipinski definition) is 4. The molecule has 0 saturated carbocycles. The standard InChI is InChI=1S/C19H24N2O3S2/c1-15(25-14-16-9-5-4-6-10-16)19(22)20-13-17-11-7-8-12-18(17)26(23,24)21(2)3/h4-12,15H,13-14H2,1-3H3,(H,20,22). The van der Waals surface area contributed by atoms with Crippen LogP contribution in [-0.4, -0.2) is 38.0 Å². The van der Waals surface area contributed by atoms with Gasteiger partial charge in [0.15, 0.2) is 0 Å². The maximum atomic E-state index is 12.4. The van der Waals surface area contributed by atoms with Crippen molar-refractivity contribution >= 4 is 27.7 Å². The summed E-state index contributed by atoms with van der Waals surface area (Å²) in [5.74, 6) is 0.643.